The molecule has 1 aliphatic rings. The molecule has 1 rings (SSSR count). The standard InChI is InChI=1S/C8H14F3N/c1-3-12-5-4-7(2,6-12)8(9,10)11/h3-6H2,1-2H3. The van der Waals surface area contributed by atoms with Crippen LogP contribution in [0, 0.1) is 5.41 Å². The van der Waals surface area contributed by atoms with E-state index in [4.69, 9.17) is 0 Å². The van der Waals surface area contributed by atoms with Gasteiger partial charge in [0, 0.05) is 6.54 Å². The van der Waals surface area contributed by atoms with Gasteiger partial charge in [-0.05, 0) is 26.4 Å². The van der Waals surface area contributed by atoms with E-state index in [1.165, 1.54) is 6.92 Å². The topological polar surface area (TPSA) is 3.24 Å². The molecule has 72 valence electrons. The number of hydrogen-bond acceptors (Lipinski definition) is 1. The predicted molar refractivity (Wildman–Crippen MR) is 40.9 cm³/mol. The zero-order valence-electron chi connectivity index (χ0n) is 7.41. The summed E-state index contributed by atoms with van der Waals surface area (Å²) in [5, 5.41) is 0. The summed E-state index contributed by atoms with van der Waals surface area (Å²) in [7, 11) is 0. The van der Waals surface area contributed by atoms with Gasteiger partial charge in [-0.25, -0.2) is 0 Å². The molecular formula is C8H14F3N. The van der Waals surface area contributed by atoms with Gasteiger partial charge in [-0.3, -0.25) is 0 Å². The van der Waals surface area contributed by atoms with Crippen LogP contribution in [-0.4, -0.2) is 30.7 Å². The van der Waals surface area contributed by atoms with E-state index in [2.05, 4.69) is 0 Å². The highest BCUT2D eigenvalue weighted by Crippen LogP contribution is 2.44. The van der Waals surface area contributed by atoms with Gasteiger partial charge in [-0.2, -0.15) is 13.2 Å². The quantitative estimate of drug-likeness (QED) is 0.600. The van der Waals surface area contributed by atoms with Crippen LogP contribution in [0.4, 0.5) is 13.2 Å². The van der Waals surface area contributed by atoms with Gasteiger partial charge < -0.3 is 4.90 Å². The highest BCUT2D eigenvalue weighted by Gasteiger charge is 2.53. The molecule has 1 heterocycles. The SMILES string of the molecule is CCN1CCC(C)(C(F)(F)F)C1. The Bertz CT molecular complexity index is 166. The first-order chi connectivity index (χ1) is 5.39. The lowest BCUT2D eigenvalue weighted by Gasteiger charge is -2.27. The summed E-state index contributed by atoms with van der Waals surface area (Å²) < 4.78 is 37.3. The first kappa shape index (κ1) is 9.84. The average molecular weight is 181 g/mol. The van der Waals surface area contributed by atoms with E-state index in [0.717, 1.165) is 0 Å². The van der Waals surface area contributed by atoms with Gasteiger partial charge in [-0.15, -0.1) is 0 Å². The molecule has 0 aliphatic carbocycles. The lowest BCUT2D eigenvalue weighted by Crippen LogP contribution is -2.37. The Balaban J connectivity index is 2.64. The van der Waals surface area contributed by atoms with Crippen molar-refractivity contribution in [1.82, 2.24) is 4.90 Å². The Morgan fingerprint density at radius 3 is 2.25 bits per heavy atom. The summed E-state index contributed by atoms with van der Waals surface area (Å²) in [5.74, 6) is 0. The molecule has 1 nitrogen and oxygen atoms in total. The molecule has 0 aromatic heterocycles. The van der Waals surface area contributed by atoms with Crippen molar-refractivity contribution >= 4 is 0 Å². The van der Waals surface area contributed by atoms with Gasteiger partial charge in [0.2, 0.25) is 0 Å². The van der Waals surface area contributed by atoms with E-state index in [-0.39, 0.29) is 13.0 Å². The van der Waals surface area contributed by atoms with Gasteiger partial charge in [0.1, 0.15) is 0 Å². The van der Waals surface area contributed by atoms with E-state index >= 15 is 0 Å². The van der Waals surface area contributed by atoms with Crippen molar-refractivity contribution < 1.29 is 13.2 Å². The highest BCUT2D eigenvalue weighted by atomic mass is 19.4. The van der Waals surface area contributed by atoms with Crippen LogP contribution in [0.2, 0.25) is 0 Å². The predicted octanol–water partition coefficient (Wildman–Crippen LogP) is 2.28. The summed E-state index contributed by atoms with van der Waals surface area (Å²) >= 11 is 0. The maximum atomic E-state index is 12.4. The zero-order chi connectivity index (χ0) is 9.41. The first-order valence-electron chi connectivity index (χ1n) is 4.18. The molecule has 0 bridgehead atoms. The summed E-state index contributed by atoms with van der Waals surface area (Å²) in [6.07, 6.45) is -3.80. The molecular weight excluding hydrogens is 167 g/mol. The van der Waals surface area contributed by atoms with E-state index in [0.29, 0.717) is 13.1 Å². The normalized spacial score (nSPS) is 32.8. The lowest BCUT2D eigenvalue weighted by molar-refractivity contribution is -0.212. The smallest absolute Gasteiger partial charge is 0.303 e. The Kier molecular flexibility index (Phi) is 2.38. The number of rotatable bonds is 1. The van der Waals surface area contributed by atoms with Gasteiger partial charge in [0.15, 0.2) is 0 Å². The Morgan fingerprint density at radius 1 is 1.42 bits per heavy atom. The van der Waals surface area contributed by atoms with Crippen molar-refractivity contribution in [2.24, 2.45) is 5.41 Å². The lowest BCUT2D eigenvalue weighted by atomic mass is 9.89. The fraction of sp³-hybridized carbons (Fsp3) is 1.00. The van der Waals surface area contributed by atoms with Crippen LogP contribution in [-0.2, 0) is 0 Å². The van der Waals surface area contributed by atoms with Crippen molar-refractivity contribution in [1.29, 1.82) is 0 Å². The van der Waals surface area contributed by atoms with E-state index in [1.54, 1.807) is 0 Å². The van der Waals surface area contributed by atoms with Crippen molar-refractivity contribution in [2.45, 2.75) is 26.4 Å². The fourth-order valence-corrected chi connectivity index (χ4v) is 1.56. The van der Waals surface area contributed by atoms with Gasteiger partial charge >= 0.3 is 6.18 Å². The largest absolute Gasteiger partial charge is 0.395 e. The molecule has 0 amide bonds. The molecule has 0 spiro atoms. The second kappa shape index (κ2) is 2.91. The van der Waals surface area contributed by atoms with Crippen molar-refractivity contribution in [3.8, 4) is 0 Å². The maximum absolute atomic E-state index is 12.4. The summed E-state index contributed by atoms with van der Waals surface area (Å²) in [4.78, 5) is 1.84. The molecule has 0 aromatic rings. The second-order valence-corrected chi connectivity index (χ2v) is 3.68. The van der Waals surface area contributed by atoms with Crippen LogP contribution >= 0.6 is 0 Å². The molecule has 4 heteroatoms. The Morgan fingerprint density at radius 2 is 2.00 bits per heavy atom. The molecule has 1 fully saturated rings. The van der Waals surface area contributed by atoms with Gasteiger partial charge in [0.05, 0.1) is 5.41 Å². The minimum absolute atomic E-state index is 0.160. The van der Waals surface area contributed by atoms with Gasteiger partial charge in [-0.1, -0.05) is 6.92 Å². The molecule has 1 saturated heterocycles. The van der Waals surface area contributed by atoms with Crippen LogP contribution in [0.15, 0.2) is 0 Å². The fourth-order valence-electron chi connectivity index (χ4n) is 1.56. The third-order valence-electron chi connectivity index (χ3n) is 2.68. The van der Waals surface area contributed by atoms with E-state index in [1.807, 2.05) is 11.8 Å². The number of likely N-dealkylation sites (tertiary alicyclic amines) is 1. The zero-order valence-corrected chi connectivity index (χ0v) is 7.41. The van der Waals surface area contributed by atoms with E-state index in [9.17, 15) is 13.2 Å². The molecule has 1 aliphatic heterocycles. The summed E-state index contributed by atoms with van der Waals surface area (Å²) in [5.41, 5.74) is -1.47. The molecule has 12 heavy (non-hydrogen) atoms. The Labute approximate surface area is 70.5 Å². The number of hydrogen-bond donors (Lipinski definition) is 0. The van der Waals surface area contributed by atoms with Crippen LogP contribution in [0.1, 0.15) is 20.3 Å². The van der Waals surface area contributed by atoms with Crippen LogP contribution < -0.4 is 0 Å². The number of nitrogens with zero attached hydrogens (tertiary/aromatic N) is 1. The van der Waals surface area contributed by atoms with E-state index < -0.39 is 11.6 Å². The third kappa shape index (κ3) is 1.58. The monoisotopic (exact) mass is 181 g/mol. The van der Waals surface area contributed by atoms with Crippen molar-refractivity contribution in [2.75, 3.05) is 19.6 Å². The molecule has 0 saturated carbocycles. The molecule has 1 atom stereocenters. The first-order valence-corrected chi connectivity index (χ1v) is 4.18. The third-order valence-corrected chi connectivity index (χ3v) is 2.68. The van der Waals surface area contributed by atoms with Crippen LogP contribution in [0.3, 0.4) is 0 Å². The van der Waals surface area contributed by atoms with Crippen LogP contribution in [0.25, 0.3) is 0 Å². The minimum atomic E-state index is -4.04. The van der Waals surface area contributed by atoms with Gasteiger partial charge in [0.25, 0.3) is 0 Å². The Hall–Kier alpha value is -0.250. The summed E-state index contributed by atoms with van der Waals surface area (Å²) in [6, 6.07) is 0. The highest BCUT2D eigenvalue weighted by molar-refractivity contribution is 4.91. The molecule has 1 unspecified atom stereocenters. The minimum Gasteiger partial charge on any atom is -0.303 e. The summed E-state index contributed by atoms with van der Waals surface area (Å²) in [6.45, 7) is 4.65. The maximum Gasteiger partial charge on any atom is 0.395 e. The number of alkyl halides is 3. The molecule has 0 N–H and O–H groups in total. The molecule has 0 radical (unpaired) electrons. The molecule has 0 aromatic carbocycles. The van der Waals surface area contributed by atoms with Crippen LogP contribution in [0.5, 0.6) is 0 Å². The van der Waals surface area contributed by atoms with Crippen molar-refractivity contribution in [3.05, 3.63) is 0 Å². The second-order valence-electron chi connectivity index (χ2n) is 3.68. The number of halogens is 3. The van der Waals surface area contributed by atoms with Crippen molar-refractivity contribution in [3.63, 3.8) is 0 Å². The average Bonchev–Trinajstić information content (AvgIpc) is 2.31.